The maximum Gasteiger partial charge on any atom is 0.306 e. The molecule has 2 aliphatic heterocycles. The number of likely N-dealkylation sites (N-methyl/N-ethyl adjacent to an activating group) is 2. The van der Waals surface area contributed by atoms with Gasteiger partial charge in [-0.2, -0.15) is 0 Å². The van der Waals surface area contributed by atoms with Crippen LogP contribution in [0.25, 0.3) is 0 Å². The summed E-state index contributed by atoms with van der Waals surface area (Å²) in [5.41, 5.74) is 0. The van der Waals surface area contributed by atoms with E-state index >= 15 is 0 Å². The highest BCUT2D eigenvalue weighted by molar-refractivity contribution is 5.69. The number of rotatable bonds is 15. The van der Waals surface area contributed by atoms with Crippen LogP contribution in [0.5, 0.6) is 0 Å². The SMILES string of the molecule is CCCCCCCCCCCC(=O)OC(C[N+]1(C)CCCCC1)C[N+]1(C)CCCCC1. The lowest BCUT2D eigenvalue weighted by atomic mass is 10.1. The Morgan fingerprint density at radius 2 is 1.10 bits per heavy atom. The number of ether oxygens (including phenoxy) is 1. The molecule has 2 aliphatic rings. The highest BCUT2D eigenvalue weighted by Crippen LogP contribution is 2.22. The average molecular weight is 439 g/mol. The van der Waals surface area contributed by atoms with E-state index < -0.39 is 0 Å². The predicted octanol–water partition coefficient (Wildman–Crippen LogP) is 6.08. The molecule has 2 fully saturated rings. The number of esters is 1. The largest absolute Gasteiger partial charge is 0.450 e. The molecule has 2 saturated heterocycles. The van der Waals surface area contributed by atoms with Gasteiger partial charge < -0.3 is 13.7 Å². The first-order valence-corrected chi connectivity index (χ1v) is 13.8. The highest BCUT2D eigenvalue weighted by Gasteiger charge is 2.36. The van der Waals surface area contributed by atoms with Crippen LogP contribution < -0.4 is 0 Å². The van der Waals surface area contributed by atoms with Crippen LogP contribution >= 0.6 is 0 Å². The molecule has 0 saturated carbocycles. The second-order valence-corrected chi connectivity index (χ2v) is 11.3. The number of piperidine rings is 2. The van der Waals surface area contributed by atoms with Crippen molar-refractivity contribution in [1.29, 1.82) is 0 Å². The van der Waals surface area contributed by atoms with E-state index in [2.05, 4.69) is 21.0 Å². The van der Waals surface area contributed by atoms with Crippen molar-refractivity contribution in [3.05, 3.63) is 0 Å². The minimum atomic E-state index is 0.0557. The molecule has 4 heteroatoms. The van der Waals surface area contributed by atoms with Gasteiger partial charge in [0.15, 0.2) is 6.10 Å². The zero-order valence-electron chi connectivity index (χ0n) is 21.3. The second-order valence-electron chi connectivity index (χ2n) is 11.3. The summed E-state index contributed by atoms with van der Waals surface area (Å²) < 4.78 is 8.37. The van der Waals surface area contributed by atoms with E-state index in [0.717, 1.165) is 28.5 Å². The predicted molar refractivity (Wildman–Crippen MR) is 131 cm³/mol. The normalized spacial score (nSPS) is 20.6. The number of quaternary nitrogens is 2. The molecule has 182 valence electrons. The van der Waals surface area contributed by atoms with Gasteiger partial charge in [-0.3, -0.25) is 4.79 Å². The number of likely N-dealkylation sites (tertiary alicyclic amines) is 2. The number of hydrogen-bond donors (Lipinski definition) is 0. The fourth-order valence-corrected chi connectivity index (χ4v) is 5.86. The molecule has 0 aromatic carbocycles. The molecule has 2 heterocycles. The molecule has 0 unspecified atom stereocenters. The Morgan fingerprint density at radius 1 is 0.677 bits per heavy atom. The smallest absolute Gasteiger partial charge is 0.306 e. The van der Waals surface area contributed by atoms with Crippen LogP contribution in [0.4, 0.5) is 0 Å². The van der Waals surface area contributed by atoms with Crippen molar-refractivity contribution < 1.29 is 18.5 Å². The molecule has 2 rings (SSSR count). The van der Waals surface area contributed by atoms with Crippen LogP contribution in [-0.4, -0.2) is 74.4 Å². The minimum Gasteiger partial charge on any atom is -0.450 e. The summed E-state index contributed by atoms with van der Waals surface area (Å²) in [6, 6.07) is 0. The zero-order valence-corrected chi connectivity index (χ0v) is 21.3. The first kappa shape index (κ1) is 26.6. The van der Waals surface area contributed by atoms with E-state index in [-0.39, 0.29) is 12.1 Å². The molecule has 0 aromatic heterocycles. The van der Waals surface area contributed by atoms with Crippen molar-refractivity contribution in [2.75, 3.05) is 53.4 Å². The number of nitrogens with zero attached hydrogens (tertiary/aromatic N) is 2. The Morgan fingerprint density at radius 3 is 1.55 bits per heavy atom. The van der Waals surface area contributed by atoms with Crippen LogP contribution in [-0.2, 0) is 9.53 Å². The van der Waals surface area contributed by atoms with Crippen molar-refractivity contribution in [1.82, 2.24) is 0 Å². The van der Waals surface area contributed by atoms with Gasteiger partial charge in [-0.05, 0) is 44.9 Å². The summed E-state index contributed by atoms with van der Waals surface area (Å²) in [4.78, 5) is 12.7. The number of unbranched alkanes of at least 4 members (excludes halogenated alkanes) is 8. The van der Waals surface area contributed by atoms with E-state index in [1.165, 1.54) is 116 Å². The fourth-order valence-electron chi connectivity index (χ4n) is 5.86. The number of carbonyl (C=O) groups excluding carboxylic acids is 1. The minimum absolute atomic E-state index is 0.0557. The molecule has 0 radical (unpaired) electrons. The number of carbonyl (C=O) groups is 1. The molecule has 0 aliphatic carbocycles. The maximum absolute atomic E-state index is 12.7. The lowest BCUT2D eigenvalue weighted by Crippen LogP contribution is -2.58. The van der Waals surface area contributed by atoms with Crippen LogP contribution in [0.15, 0.2) is 0 Å². The summed E-state index contributed by atoms with van der Waals surface area (Å²) in [6.45, 7) is 9.28. The van der Waals surface area contributed by atoms with Crippen LogP contribution in [0.3, 0.4) is 0 Å². The van der Waals surface area contributed by atoms with Gasteiger partial charge in [0.05, 0.1) is 40.3 Å². The summed E-state index contributed by atoms with van der Waals surface area (Å²) in [5, 5.41) is 0. The molecular formula is C27H54N2O2+2. The third-order valence-electron chi connectivity index (χ3n) is 7.86. The van der Waals surface area contributed by atoms with Crippen molar-refractivity contribution in [3.8, 4) is 0 Å². The van der Waals surface area contributed by atoms with E-state index in [0.29, 0.717) is 6.42 Å². The van der Waals surface area contributed by atoms with Gasteiger partial charge >= 0.3 is 5.97 Å². The molecule has 4 nitrogen and oxygen atoms in total. The van der Waals surface area contributed by atoms with Gasteiger partial charge in [0.25, 0.3) is 0 Å². The monoisotopic (exact) mass is 438 g/mol. The first-order chi connectivity index (χ1) is 14.9. The molecule has 0 amide bonds. The van der Waals surface area contributed by atoms with Crippen molar-refractivity contribution in [3.63, 3.8) is 0 Å². The summed E-state index contributed by atoms with van der Waals surface area (Å²) in [6.07, 6.45) is 20.3. The quantitative estimate of drug-likeness (QED) is 0.176. The molecule has 0 atom stereocenters. The van der Waals surface area contributed by atoms with Crippen molar-refractivity contribution >= 4 is 5.97 Å². The third-order valence-corrected chi connectivity index (χ3v) is 7.86. The Labute approximate surface area is 193 Å². The van der Waals surface area contributed by atoms with Gasteiger partial charge in [0.1, 0.15) is 13.1 Å². The van der Waals surface area contributed by atoms with E-state index in [1.54, 1.807) is 0 Å². The first-order valence-electron chi connectivity index (χ1n) is 13.8. The molecule has 0 bridgehead atoms. The second kappa shape index (κ2) is 14.5. The van der Waals surface area contributed by atoms with Gasteiger partial charge in [0.2, 0.25) is 0 Å². The maximum atomic E-state index is 12.7. The van der Waals surface area contributed by atoms with Gasteiger partial charge in [-0.25, -0.2) is 0 Å². The lowest BCUT2D eigenvalue weighted by molar-refractivity contribution is -0.936. The molecule has 0 N–H and O–H groups in total. The molecule has 0 spiro atoms. The van der Waals surface area contributed by atoms with Crippen molar-refractivity contribution in [2.24, 2.45) is 0 Å². The lowest BCUT2D eigenvalue weighted by Gasteiger charge is -2.43. The summed E-state index contributed by atoms with van der Waals surface area (Å²) in [7, 11) is 4.77. The fraction of sp³-hybridized carbons (Fsp3) is 0.963. The standard InChI is InChI=1S/C27H54N2O2/c1-4-5-6-7-8-9-10-11-14-19-27(30)31-26(24-28(2)20-15-12-16-21-28)25-29(3)22-17-13-18-23-29/h26H,4-25H2,1-3H3/q+2. The van der Waals surface area contributed by atoms with Crippen molar-refractivity contribution in [2.45, 2.75) is 116 Å². The zero-order chi connectivity index (χ0) is 22.4. The summed E-state index contributed by atoms with van der Waals surface area (Å²) >= 11 is 0. The van der Waals surface area contributed by atoms with E-state index in [1.807, 2.05) is 0 Å². The summed E-state index contributed by atoms with van der Waals surface area (Å²) in [5.74, 6) is 0.0557. The van der Waals surface area contributed by atoms with Gasteiger partial charge in [-0.15, -0.1) is 0 Å². The number of hydrogen-bond acceptors (Lipinski definition) is 2. The topological polar surface area (TPSA) is 26.3 Å². The van der Waals surface area contributed by atoms with E-state index in [4.69, 9.17) is 4.74 Å². The van der Waals surface area contributed by atoms with Gasteiger partial charge in [0, 0.05) is 6.42 Å². The Balaban J connectivity index is 1.73. The Bertz CT molecular complexity index is 456. The van der Waals surface area contributed by atoms with Gasteiger partial charge in [-0.1, -0.05) is 58.3 Å². The third kappa shape index (κ3) is 11.2. The Hall–Kier alpha value is -0.610. The molecule has 0 aromatic rings. The van der Waals surface area contributed by atoms with Crippen LogP contribution in [0.1, 0.15) is 110 Å². The molecule has 31 heavy (non-hydrogen) atoms. The highest BCUT2D eigenvalue weighted by atomic mass is 16.5. The Kier molecular flexibility index (Phi) is 12.5. The average Bonchev–Trinajstić information content (AvgIpc) is 2.73. The van der Waals surface area contributed by atoms with Crippen LogP contribution in [0.2, 0.25) is 0 Å². The van der Waals surface area contributed by atoms with Crippen LogP contribution in [0, 0.1) is 0 Å². The molecular weight excluding hydrogens is 384 g/mol. The van der Waals surface area contributed by atoms with E-state index in [9.17, 15) is 4.79 Å².